The summed E-state index contributed by atoms with van der Waals surface area (Å²) in [6.07, 6.45) is -0.707. The highest BCUT2D eigenvalue weighted by Crippen LogP contribution is 2.24. The van der Waals surface area contributed by atoms with Crippen LogP contribution in [0.25, 0.3) is 0 Å². The Morgan fingerprint density at radius 3 is 2.64 bits per heavy atom. The number of alkyl halides is 2. The summed E-state index contributed by atoms with van der Waals surface area (Å²) in [4.78, 5) is 11.2. The van der Waals surface area contributed by atoms with Crippen molar-refractivity contribution in [3.63, 3.8) is 0 Å². The molecule has 1 rings (SSSR count). The Kier molecular flexibility index (Phi) is 3.75. The average Bonchev–Trinajstić information content (AvgIpc) is 2.32. The topological polar surface area (TPSA) is 29.1 Å². The molecule has 0 aromatic heterocycles. The summed E-state index contributed by atoms with van der Waals surface area (Å²) in [5, 5.41) is 2.65. The van der Waals surface area contributed by atoms with Crippen molar-refractivity contribution in [2.75, 3.05) is 11.5 Å². The van der Waals surface area contributed by atoms with Gasteiger partial charge in [0, 0.05) is 11.8 Å². The molecule has 0 bridgehead atoms. The first-order chi connectivity index (χ1) is 6.38. The van der Waals surface area contributed by atoms with Gasteiger partial charge in [-0.2, -0.15) is 11.8 Å². The Hall–Kier alpha value is -0.320. The van der Waals surface area contributed by atoms with Gasteiger partial charge in [-0.05, 0) is 18.6 Å². The molecule has 82 valence electrons. The van der Waals surface area contributed by atoms with Crippen LogP contribution in [0.5, 0.6) is 0 Å². The molecule has 1 aliphatic rings. The molecule has 0 saturated carbocycles. The molecule has 1 amide bonds. The van der Waals surface area contributed by atoms with E-state index in [0.717, 1.165) is 18.4 Å². The highest BCUT2D eigenvalue weighted by atomic mass is 32.2. The third-order valence-electron chi connectivity index (χ3n) is 2.18. The number of nitrogens with one attached hydrogen (secondary N) is 1. The van der Waals surface area contributed by atoms with E-state index in [0.29, 0.717) is 5.92 Å². The van der Waals surface area contributed by atoms with Crippen molar-refractivity contribution >= 4 is 17.7 Å². The van der Waals surface area contributed by atoms with Crippen molar-refractivity contribution in [2.24, 2.45) is 5.92 Å². The maximum atomic E-state index is 12.5. The molecule has 0 aromatic rings. The molecule has 2 nitrogen and oxygen atoms in total. The van der Waals surface area contributed by atoms with E-state index < -0.39 is 18.3 Å². The quantitative estimate of drug-likeness (QED) is 0.791. The van der Waals surface area contributed by atoms with Gasteiger partial charge in [-0.1, -0.05) is 6.92 Å². The first-order valence-corrected chi connectivity index (χ1v) is 5.79. The number of thioether (sulfide) groups is 1. The minimum Gasteiger partial charge on any atom is -0.352 e. The van der Waals surface area contributed by atoms with Gasteiger partial charge < -0.3 is 5.32 Å². The van der Waals surface area contributed by atoms with E-state index in [1.165, 1.54) is 0 Å². The van der Waals surface area contributed by atoms with Crippen LogP contribution in [-0.4, -0.2) is 29.4 Å². The molecule has 0 aromatic carbocycles. The van der Waals surface area contributed by atoms with E-state index in [4.69, 9.17) is 0 Å². The lowest BCUT2D eigenvalue weighted by atomic mass is 10.1. The monoisotopic (exact) mass is 223 g/mol. The number of rotatable bonds is 3. The van der Waals surface area contributed by atoms with Gasteiger partial charge in [-0.15, -0.1) is 0 Å². The van der Waals surface area contributed by atoms with Crippen molar-refractivity contribution < 1.29 is 13.6 Å². The Morgan fingerprint density at radius 2 is 2.21 bits per heavy atom. The second-order valence-corrected chi connectivity index (χ2v) is 5.01. The standard InChI is InChI=1S/C9H15F2NOS/c1-6-4-14-5-7(6)12-8(13)3-9(2,10)11/h6-7H,3-5H2,1-2H3,(H,12,13)/t6-,7-/m1/s1. The Morgan fingerprint density at radius 1 is 1.57 bits per heavy atom. The van der Waals surface area contributed by atoms with Crippen molar-refractivity contribution in [1.82, 2.24) is 5.32 Å². The Bertz CT molecular complexity index is 217. The largest absolute Gasteiger partial charge is 0.352 e. The third-order valence-corrected chi connectivity index (χ3v) is 3.54. The van der Waals surface area contributed by atoms with Gasteiger partial charge in [0.05, 0.1) is 6.42 Å². The summed E-state index contributed by atoms with van der Waals surface area (Å²) in [6, 6.07) is 0.0647. The molecule has 0 radical (unpaired) electrons. The van der Waals surface area contributed by atoms with Crippen molar-refractivity contribution in [1.29, 1.82) is 0 Å². The highest BCUT2D eigenvalue weighted by Gasteiger charge is 2.30. The van der Waals surface area contributed by atoms with Crippen LogP contribution in [0.1, 0.15) is 20.3 Å². The van der Waals surface area contributed by atoms with Crippen LogP contribution >= 0.6 is 11.8 Å². The molecule has 1 fully saturated rings. The van der Waals surface area contributed by atoms with Crippen LogP contribution in [0.4, 0.5) is 8.78 Å². The van der Waals surface area contributed by atoms with E-state index in [9.17, 15) is 13.6 Å². The molecule has 1 N–H and O–H groups in total. The Balaban J connectivity index is 2.33. The number of halogens is 2. The van der Waals surface area contributed by atoms with Crippen molar-refractivity contribution in [3.8, 4) is 0 Å². The van der Waals surface area contributed by atoms with Crippen LogP contribution < -0.4 is 5.32 Å². The maximum Gasteiger partial charge on any atom is 0.254 e. The first kappa shape index (κ1) is 11.8. The summed E-state index contributed by atoms with van der Waals surface area (Å²) in [6.45, 7) is 2.79. The fourth-order valence-electron chi connectivity index (χ4n) is 1.38. The molecule has 1 saturated heterocycles. The predicted octanol–water partition coefficient (Wildman–Crippen LogP) is 1.90. The van der Waals surface area contributed by atoms with Crippen LogP contribution in [0.3, 0.4) is 0 Å². The molecule has 0 unspecified atom stereocenters. The SMILES string of the molecule is C[C@@H]1CSC[C@H]1NC(=O)CC(C)(F)F. The lowest BCUT2D eigenvalue weighted by Gasteiger charge is -2.17. The number of amides is 1. The average molecular weight is 223 g/mol. The van der Waals surface area contributed by atoms with E-state index in [2.05, 4.69) is 5.32 Å². The number of hydrogen-bond acceptors (Lipinski definition) is 2. The Labute approximate surface area is 86.8 Å². The zero-order chi connectivity index (χ0) is 10.8. The lowest BCUT2D eigenvalue weighted by molar-refractivity contribution is -0.128. The third kappa shape index (κ3) is 3.82. The minimum atomic E-state index is -2.90. The molecular formula is C9H15F2NOS. The smallest absolute Gasteiger partial charge is 0.254 e. The van der Waals surface area contributed by atoms with Crippen molar-refractivity contribution in [3.05, 3.63) is 0 Å². The summed E-state index contributed by atoms with van der Waals surface area (Å²) in [7, 11) is 0. The fourth-order valence-corrected chi connectivity index (χ4v) is 2.79. The van der Waals surface area contributed by atoms with Gasteiger partial charge in [0.25, 0.3) is 5.92 Å². The molecule has 5 heteroatoms. The predicted molar refractivity (Wildman–Crippen MR) is 53.7 cm³/mol. The van der Waals surface area contributed by atoms with E-state index in [1.807, 2.05) is 6.92 Å². The van der Waals surface area contributed by atoms with E-state index in [-0.39, 0.29) is 6.04 Å². The van der Waals surface area contributed by atoms with Gasteiger partial charge in [0.2, 0.25) is 5.91 Å². The zero-order valence-corrected chi connectivity index (χ0v) is 9.16. The molecule has 0 aliphatic carbocycles. The van der Waals surface area contributed by atoms with E-state index >= 15 is 0 Å². The normalized spacial score (nSPS) is 27.7. The number of carbonyl (C=O) groups excluding carboxylic acids is 1. The van der Waals surface area contributed by atoms with Crippen LogP contribution in [0.2, 0.25) is 0 Å². The molecular weight excluding hydrogens is 208 g/mol. The lowest BCUT2D eigenvalue weighted by Crippen LogP contribution is -2.40. The zero-order valence-electron chi connectivity index (χ0n) is 8.35. The second kappa shape index (κ2) is 4.47. The molecule has 14 heavy (non-hydrogen) atoms. The second-order valence-electron chi connectivity index (χ2n) is 3.94. The maximum absolute atomic E-state index is 12.5. The van der Waals surface area contributed by atoms with Gasteiger partial charge in [0.1, 0.15) is 0 Å². The van der Waals surface area contributed by atoms with Crippen LogP contribution in [-0.2, 0) is 4.79 Å². The summed E-state index contributed by atoms with van der Waals surface area (Å²) >= 11 is 1.75. The number of hydrogen-bond donors (Lipinski definition) is 1. The molecule has 1 aliphatic heterocycles. The summed E-state index contributed by atoms with van der Waals surface area (Å²) in [5.41, 5.74) is 0. The summed E-state index contributed by atoms with van der Waals surface area (Å²) < 4.78 is 25.0. The van der Waals surface area contributed by atoms with Crippen molar-refractivity contribution in [2.45, 2.75) is 32.2 Å². The molecule has 0 spiro atoms. The first-order valence-electron chi connectivity index (χ1n) is 4.63. The minimum absolute atomic E-state index is 0.0647. The van der Waals surface area contributed by atoms with Gasteiger partial charge in [-0.3, -0.25) is 4.79 Å². The van der Waals surface area contributed by atoms with Crippen LogP contribution in [0, 0.1) is 5.92 Å². The molecule has 2 atom stereocenters. The fraction of sp³-hybridized carbons (Fsp3) is 0.889. The van der Waals surface area contributed by atoms with E-state index in [1.54, 1.807) is 11.8 Å². The van der Waals surface area contributed by atoms with Crippen LogP contribution in [0.15, 0.2) is 0 Å². The number of carbonyl (C=O) groups is 1. The van der Waals surface area contributed by atoms with Gasteiger partial charge in [0.15, 0.2) is 0 Å². The summed E-state index contributed by atoms with van der Waals surface area (Å²) in [5.74, 6) is -1.24. The van der Waals surface area contributed by atoms with Gasteiger partial charge >= 0.3 is 0 Å². The molecule has 1 heterocycles. The highest BCUT2D eigenvalue weighted by molar-refractivity contribution is 7.99. The van der Waals surface area contributed by atoms with Gasteiger partial charge in [-0.25, -0.2) is 8.78 Å².